The van der Waals surface area contributed by atoms with Crippen molar-refractivity contribution in [3.05, 3.63) is 21.9 Å². The first-order chi connectivity index (χ1) is 13.5. The molecular formula is C21H37N5OS. The average molecular weight is 408 g/mol. The Hall–Kier alpha value is -1.15. The maximum absolute atomic E-state index is 5.94. The van der Waals surface area contributed by atoms with Crippen LogP contribution in [0.2, 0.25) is 0 Å². The van der Waals surface area contributed by atoms with Gasteiger partial charge in [-0.2, -0.15) is 0 Å². The van der Waals surface area contributed by atoms with Gasteiger partial charge in [-0.25, -0.2) is 0 Å². The third kappa shape index (κ3) is 6.17. The number of nitrogens with one attached hydrogen (secondary N) is 2. The van der Waals surface area contributed by atoms with Gasteiger partial charge in [0.15, 0.2) is 5.96 Å². The highest BCUT2D eigenvalue weighted by molar-refractivity contribution is 7.10. The number of rotatable bonds is 7. The number of thiophene rings is 1. The Balaban J connectivity index is 1.39. The summed E-state index contributed by atoms with van der Waals surface area (Å²) in [6, 6.07) is 2.75. The topological polar surface area (TPSA) is 52.1 Å². The molecule has 1 saturated heterocycles. The molecule has 2 unspecified atom stereocenters. The molecule has 1 aromatic heterocycles. The van der Waals surface area contributed by atoms with Gasteiger partial charge in [0.2, 0.25) is 0 Å². The minimum absolute atomic E-state index is 0.225. The van der Waals surface area contributed by atoms with Gasteiger partial charge >= 0.3 is 0 Å². The largest absolute Gasteiger partial charge is 0.374 e. The van der Waals surface area contributed by atoms with Crippen molar-refractivity contribution in [3.8, 4) is 0 Å². The quantitative estimate of drug-likeness (QED) is 0.535. The van der Waals surface area contributed by atoms with Crippen LogP contribution in [0.1, 0.15) is 31.2 Å². The van der Waals surface area contributed by atoms with Crippen LogP contribution in [0.3, 0.4) is 0 Å². The van der Waals surface area contributed by atoms with E-state index >= 15 is 0 Å². The molecule has 1 fully saturated rings. The van der Waals surface area contributed by atoms with Crippen molar-refractivity contribution in [1.29, 1.82) is 0 Å². The fraction of sp³-hybridized carbons (Fsp3) is 0.762. The number of ether oxygens (including phenoxy) is 1. The smallest absolute Gasteiger partial charge is 0.191 e. The normalized spacial score (nSPS) is 22.9. The first-order valence-corrected chi connectivity index (χ1v) is 11.5. The third-order valence-corrected chi connectivity index (χ3v) is 6.62. The van der Waals surface area contributed by atoms with Crippen molar-refractivity contribution in [3.63, 3.8) is 0 Å². The first-order valence-electron chi connectivity index (χ1n) is 10.6. The van der Waals surface area contributed by atoms with E-state index in [0.717, 1.165) is 58.4 Å². The Morgan fingerprint density at radius 2 is 2.18 bits per heavy atom. The van der Waals surface area contributed by atoms with Crippen LogP contribution in [0.4, 0.5) is 0 Å². The highest BCUT2D eigenvalue weighted by Gasteiger charge is 2.23. The highest BCUT2D eigenvalue weighted by Crippen LogP contribution is 2.24. The van der Waals surface area contributed by atoms with E-state index in [1.807, 2.05) is 18.4 Å². The fourth-order valence-electron chi connectivity index (χ4n) is 4.04. The Morgan fingerprint density at radius 1 is 1.32 bits per heavy atom. The summed E-state index contributed by atoms with van der Waals surface area (Å²) in [7, 11) is 1.84. The van der Waals surface area contributed by atoms with Crippen LogP contribution in [0.15, 0.2) is 16.4 Å². The molecule has 0 radical (unpaired) electrons. The minimum Gasteiger partial charge on any atom is -0.374 e. The lowest BCUT2D eigenvalue weighted by atomic mass is 10.1. The molecule has 2 aliphatic rings. The summed E-state index contributed by atoms with van der Waals surface area (Å²) in [6.07, 6.45) is 1.40. The van der Waals surface area contributed by atoms with Gasteiger partial charge in [-0.1, -0.05) is 13.8 Å². The van der Waals surface area contributed by atoms with Crippen LogP contribution >= 0.6 is 11.3 Å². The molecule has 0 aromatic carbocycles. The van der Waals surface area contributed by atoms with Crippen LogP contribution in [0.5, 0.6) is 0 Å². The average Bonchev–Trinajstić information content (AvgIpc) is 3.15. The van der Waals surface area contributed by atoms with E-state index in [2.05, 4.69) is 57.6 Å². The van der Waals surface area contributed by atoms with Gasteiger partial charge < -0.3 is 15.4 Å². The van der Waals surface area contributed by atoms with E-state index in [1.54, 1.807) is 4.88 Å². The molecule has 0 saturated carbocycles. The summed E-state index contributed by atoms with van der Waals surface area (Å²) in [5.41, 5.74) is 1.51. The Bertz CT molecular complexity index is 632. The van der Waals surface area contributed by atoms with Crippen LogP contribution in [-0.4, -0.2) is 80.8 Å². The Morgan fingerprint density at radius 3 is 2.96 bits per heavy atom. The van der Waals surface area contributed by atoms with Crippen LogP contribution < -0.4 is 10.6 Å². The van der Waals surface area contributed by atoms with Crippen molar-refractivity contribution in [2.24, 2.45) is 10.9 Å². The third-order valence-electron chi connectivity index (χ3n) is 5.59. The summed E-state index contributed by atoms with van der Waals surface area (Å²) in [5.74, 6) is 1.56. The molecule has 6 nitrogen and oxygen atoms in total. The van der Waals surface area contributed by atoms with Gasteiger partial charge in [0.1, 0.15) is 0 Å². The lowest BCUT2D eigenvalue weighted by Gasteiger charge is -2.34. The van der Waals surface area contributed by atoms with E-state index in [9.17, 15) is 0 Å². The van der Waals surface area contributed by atoms with Crippen molar-refractivity contribution >= 4 is 17.3 Å². The number of hydrogen-bond donors (Lipinski definition) is 2. The number of morpholine rings is 1. The van der Waals surface area contributed by atoms with Gasteiger partial charge in [0.05, 0.1) is 12.7 Å². The van der Waals surface area contributed by atoms with E-state index in [1.165, 1.54) is 12.0 Å². The zero-order valence-electron chi connectivity index (χ0n) is 17.9. The van der Waals surface area contributed by atoms with Gasteiger partial charge in [0, 0.05) is 63.8 Å². The van der Waals surface area contributed by atoms with E-state index < -0.39 is 0 Å². The number of guanidine groups is 1. The molecule has 3 rings (SSSR count). The minimum atomic E-state index is 0.225. The van der Waals surface area contributed by atoms with Crippen molar-refractivity contribution in [2.75, 3.05) is 52.9 Å². The summed E-state index contributed by atoms with van der Waals surface area (Å²) in [6.45, 7) is 14.7. The number of nitrogens with zero attached hydrogens (tertiary/aromatic N) is 3. The van der Waals surface area contributed by atoms with Crippen molar-refractivity contribution < 1.29 is 4.74 Å². The predicted molar refractivity (Wildman–Crippen MR) is 118 cm³/mol. The van der Waals surface area contributed by atoms with Gasteiger partial charge in [0.25, 0.3) is 0 Å². The molecule has 28 heavy (non-hydrogen) atoms. The van der Waals surface area contributed by atoms with E-state index in [0.29, 0.717) is 12.0 Å². The van der Waals surface area contributed by atoms with Crippen LogP contribution in [-0.2, 0) is 17.7 Å². The molecule has 158 valence electrons. The molecule has 2 aliphatic heterocycles. The zero-order valence-corrected chi connectivity index (χ0v) is 18.7. The summed E-state index contributed by atoms with van der Waals surface area (Å²) in [4.78, 5) is 11.0. The maximum Gasteiger partial charge on any atom is 0.191 e. The molecule has 7 heteroatoms. The van der Waals surface area contributed by atoms with E-state index in [4.69, 9.17) is 4.74 Å². The Kier molecular flexibility index (Phi) is 8.14. The zero-order chi connectivity index (χ0) is 19.9. The molecule has 0 spiro atoms. The molecule has 0 amide bonds. The highest BCUT2D eigenvalue weighted by atomic mass is 32.1. The van der Waals surface area contributed by atoms with Crippen LogP contribution in [0, 0.1) is 5.92 Å². The second-order valence-electron chi connectivity index (χ2n) is 8.42. The second kappa shape index (κ2) is 10.6. The number of fused-ring (bicyclic) bond motifs is 1. The van der Waals surface area contributed by atoms with Crippen molar-refractivity contribution in [1.82, 2.24) is 20.4 Å². The predicted octanol–water partition coefficient (Wildman–Crippen LogP) is 2.02. The SMILES string of the molecule is CN=C(NCC1CN(CC(C)C)CCO1)NCC(C)N1CCc2sccc2C1. The lowest BCUT2D eigenvalue weighted by molar-refractivity contribution is -0.0284. The Labute approximate surface area is 174 Å². The summed E-state index contributed by atoms with van der Waals surface area (Å²) < 4.78 is 5.94. The maximum atomic E-state index is 5.94. The van der Waals surface area contributed by atoms with Crippen LogP contribution in [0.25, 0.3) is 0 Å². The fourth-order valence-corrected chi connectivity index (χ4v) is 4.93. The van der Waals surface area contributed by atoms with E-state index in [-0.39, 0.29) is 6.10 Å². The standard InChI is InChI=1S/C21H37N5OS/c1-16(2)13-25-8-9-27-19(15-25)12-24-21(22-4)23-11-17(3)26-7-5-20-18(14-26)6-10-28-20/h6,10,16-17,19H,5,7-9,11-15H2,1-4H3,(H2,22,23,24). The molecule has 0 aliphatic carbocycles. The molecule has 0 bridgehead atoms. The summed E-state index contributed by atoms with van der Waals surface area (Å²) in [5, 5.41) is 9.17. The molecule has 2 atom stereocenters. The molecule has 1 aromatic rings. The van der Waals surface area contributed by atoms with Gasteiger partial charge in [-0.3, -0.25) is 14.8 Å². The monoisotopic (exact) mass is 407 g/mol. The second-order valence-corrected chi connectivity index (χ2v) is 9.42. The molecular weight excluding hydrogens is 370 g/mol. The van der Waals surface area contributed by atoms with Gasteiger partial charge in [-0.15, -0.1) is 11.3 Å². The summed E-state index contributed by atoms with van der Waals surface area (Å²) >= 11 is 1.90. The number of aliphatic imine (C=N–C) groups is 1. The van der Waals surface area contributed by atoms with Crippen molar-refractivity contribution in [2.45, 2.75) is 45.9 Å². The molecule has 3 heterocycles. The van der Waals surface area contributed by atoms with Gasteiger partial charge in [-0.05, 0) is 36.3 Å². The lowest BCUT2D eigenvalue weighted by Crippen LogP contribution is -2.51. The molecule has 2 N–H and O–H groups in total. The first kappa shape index (κ1) is 21.6. The number of hydrogen-bond acceptors (Lipinski definition) is 5.